The topological polar surface area (TPSA) is 69.7 Å². The van der Waals surface area contributed by atoms with Gasteiger partial charge in [0.15, 0.2) is 0 Å². The van der Waals surface area contributed by atoms with Gasteiger partial charge in [-0.1, -0.05) is 42.5 Å². The lowest BCUT2D eigenvalue weighted by Gasteiger charge is -2.30. The summed E-state index contributed by atoms with van der Waals surface area (Å²) in [5.41, 5.74) is 1.72. The van der Waals surface area contributed by atoms with Crippen molar-refractivity contribution in [3.8, 4) is 0 Å². The third kappa shape index (κ3) is 4.45. The Morgan fingerprint density at radius 3 is 2.55 bits per heavy atom. The molecule has 2 aromatic carbocycles. The van der Waals surface area contributed by atoms with Gasteiger partial charge in [0.1, 0.15) is 6.54 Å². The molecule has 2 aliphatic heterocycles. The number of amides is 3. The zero-order chi connectivity index (χ0) is 20.2. The van der Waals surface area contributed by atoms with Crippen LogP contribution in [0.1, 0.15) is 24.4 Å². The maximum absolute atomic E-state index is 12.9. The predicted octanol–water partition coefficient (Wildman–Crippen LogP) is 2.61. The second kappa shape index (κ2) is 8.69. The number of para-hydroxylation sites is 1. The summed E-state index contributed by atoms with van der Waals surface area (Å²) in [5, 5.41) is 3.05. The van der Waals surface area contributed by atoms with E-state index in [0.717, 1.165) is 22.6 Å². The van der Waals surface area contributed by atoms with Crippen molar-refractivity contribution in [2.45, 2.75) is 23.8 Å². The number of likely N-dealkylation sites (tertiary alicyclic amines) is 1. The molecule has 0 radical (unpaired) electrons. The molecule has 0 spiro atoms. The van der Waals surface area contributed by atoms with Crippen LogP contribution in [0, 0.1) is 0 Å². The Hall–Kier alpha value is -2.80. The fourth-order valence-electron chi connectivity index (χ4n) is 3.75. The molecule has 3 amide bonds. The van der Waals surface area contributed by atoms with E-state index in [1.54, 1.807) is 9.80 Å². The summed E-state index contributed by atoms with van der Waals surface area (Å²) < 4.78 is 0. The predicted molar refractivity (Wildman–Crippen MR) is 113 cm³/mol. The van der Waals surface area contributed by atoms with Crippen molar-refractivity contribution in [3.05, 3.63) is 60.2 Å². The quantitative estimate of drug-likeness (QED) is 0.796. The molecular weight excluding hydrogens is 386 g/mol. The molecule has 150 valence electrons. The van der Waals surface area contributed by atoms with E-state index in [4.69, 9.17) is 0 Å². The largest absolute Gasteiger partial charge is 0.346 e. The molecule has 1 N–H and O–H groups in total. The molecule has 1 atom stereocenters. The van der Waals surface area contributed by atoms with Crippen molar-refractivity contribution in [2.75, 3.05) is 30.3 Å². The average Bonchev–Trinajstić information content (AvgIpc) is 3.15. The van der Waals surface area contributed by atoms with Gasteiger partial charge in [-0.3, -0.25) is 14.4 Å². The van der Waals surface area contributed by atoms with E-state index in [1.165, 1.54) is 11.8 Å². The smallest absolute Gasteiger partial charge is 0.240 e. The third-order valence-electron chi connectivity index (χ3n) is 5.22. The minimum atomic E-state index is -0.310. The maximum atomic E-state index is 12.9. The van der Waals surface area contributed by atoms with Crippen molar-refractivity contribution in [2.24, 2.45) is 0 Å². The summed E-state index contributed by atoms with van der Waals surface area (Å²) in [5.74, 6) is 0.141. The summed E-state index contributed by atoms with van der Waals surface area (Å²) >= 11 is 1.49. The van der Waals surface area contributed by atoms with Crippen LogP contribution in [0.4, 0.5) is 5.69 Å². The molecule has 2 aliphatic rings. The number of anilines is 1. The standard InChI is InChI=1S/C22H23N3O3S/c26-20(14-25-18-9-4-5-10-19(18)29-15-22(25)28)23-17(16-7-2-1-3-8-16)13-24-12-6-11-21(24)27/h1-5,7-10,17H,6,11-15H2,(H,23,26). The second-order valence-electron chi connectivity index (χ2n) is 7.21. The Kier molecular flexibility index (Phi) is 5.85. The van der Waals surface area contributed by atoms with Gasteiger partial charge in [0, 0.05) is 24.4 Å². The first kappa shape index (κ1) is 19.5. The highest BCUT2D eigenvalue weighted by atomic mass is 32.2. The van der Waals surface area contributed by atoms with Gasteiger partial charge in [0.05, 0.1) is 17.5 Å². The molecule has 7 heteroatoms. The molecule has 1 saturated heterocycles. The number of benzene rings is 2. The average molecular weight is 410 g/mol. The fraction of sp³-hybridized carbons (Fsp3) is 0.318. The van der Waals surface area contributed by atoms with Gasteiger partial charge in [-0.2, -0.15) is 0 Å². The van der Waals surface area contributed by atoms with E-state index in [0.29, 0.717) is 25.3 Å². The number of nitrogens with one attached hydrogen (secondary N) is 1. The van der Waals surface area contributed by atoms with Crippen molar-refractivity contribution in [1.82, 2.24) is 10.2 Å². The first-order valence-electron chi connectivity index (χ1n) is 9.76. The zero-order valence-corrected chi connectivity index (χ0v) is 16.9. The summed E-state index contributed by atoms with van der Waals surface area (Å²) in [7, 11) is 0. The van der Waals surface area contributed by atoms with Gasteiger partial charge >= 0.3 is 0 Å². The first-order chi connectivity index (χ1) is 14.1. The summed E-state index contributed by atoms with van der Waals surface area (Å²) in [6, 6.07) is 17.0. The second-order valence-corrected chi connectivity index (χ2v) is 8.23. The van der Waals surface area contributed by atoms with Crippen LogP contribution in [0.25, 0.3) is 0 Å². The zero-order valence-electron chi connectivity index (χ0n) is 16.0. The van der Waals surface area contributed by atoms with Crippen LogP contribution < -0.4 is 10.2 Å². The Morgan fingerprint density at radius 2 is 1.79 bits per heavy atom. The van der Waals surface area contributed by atoms with E-state index in [2.05, 4.69) is 5.32 Å². The normalized spacial score (nSPS) is 17.2. The van der Waals surface area contributed by atoms with E-state index in [-0.39, 0.29) is 30.3 Å². The number of rotatable bonds is 6. The molecule has 1 fully saturated rings. The molecule has 0 aliphatic carbocycles. The molecule has 2 heterocycles. The molecule has 1 unspecified atom stereocenters. The highest BCUT2D eigenvalue weighted by Crippen LogP contribution is 2.34. The molecule has 2 aromatic rings. The van der Waals surface area contributed by atoms with Crippen LogP contribution in [0.3, 0.4) is 0 Å². The van der Waals surface area contributed by atoms with E-state index < -0.39 is 0 Å². The molecule has 0 bridgehead atoms. The SMILES string of the molecule is O=C(CN1C(=O)CSc2ccccc21)NC(CN1CCCC1=O)c1ccccc1. The van der Waals surface area contributed by atoms with Crippen LogP contribution in [0.15, 0.2) is 59.5 Å². The van der Waals surface area contributed by atoms with Crippen molar-refractivity contribution in [3.63, 3.8) is 0 Å². The number of hydrogen-bond donors (Lipinski definition) is 1. The van der Waals surface area contributed by atoms with Crippen molar-refractivity contribution in [1.29, 1.82) is 0 Å². The van der Waals surface area contributed by atoms with E-state index in [1.807, 2.05) is 54.6 Å². The van der Waals surface area contributed by atoms with Crippen LogP contribution in [-0.2, 0) is 14.4 Å². The number of fused-ring (bicyclic) bond motifs is 1. The fourth-order valence-corrected chi connectivity index (χ4v) is 4.68. The van der Waals surface area contributed by atoms with Gasteiger partial charge in [0.25, 0.3) is 0 Å². The first-order valence-corrected chi connectivity index (χ1v) is 10.7. The number of nitrogens with zero attached hydrogens (tertiary/aromatic N) is 2. The van der Waals surface area contributed by atoms with Gasteiger partial charge in [-0.25, -0.2) is 0 Å². The molecule has 0 saturated carbocycles. The van der Waals surface area contributed by atoms with Crippen LogP contribution in [-0.4, -0.2) is 48.0 Å². The third-order valence-corrected chi connectivity index (χ3v) is 6.27. The van der Waals surface area contributed by atoms with Gasteiger partial charge in [0.2, 0.25) is 17.7 Å². The molecule has 4 rings (SSSR count). The number of carbonyl (C=O) groups excluding carboxylic acids is 3. The Labute approximate surface area is 174 Å². The lowest BCUT2D eigenvalue weighted by atomic mass is 10.1. The van der Waals surface area contributed by atoms with Gasteiger partial charge in [-0.05, 0) is 24.1 Å². The van der Waals surface area contributed by atoms with Crippen LogP contribution in [0.5, 0.6) is 0 Å². The number of thioether (sulfide) groups is 1. The Bertz CT molecular complexity index is 919. The number of hydrogen-bond acceptors (Lipinski definition) is 4. The highest BCUT2D eigenvalue weighted by Gasteiger charge is 2.29. The minimum absolute atomic E-state index is 0.0340. The van der Waals surface area contributed by atoms with E-state index in [9.17, 15) is 14.4 Å². The Balaban J connectivity index is 1.49. The Morgan fingerprint density at radius 1 is 1.03 bits per heavy atom. The summed E-state index contributed by atoms with van der Waals surface area (Å²) in [6.07, 6.45) is 1.41. The summed E-state index contributed by atoms with van der Waals surface area (Å²) in [6.45, 7) is 1.12. The highest BCUT2D eigenvalue weighted by molar-refractivity contribution is 8.00. The summed E-state index contributed by atoms with van der Waals surface area (Å²) in [4.78, 5) is 41.8. The van der Waals surface area contributed by atoms with Crippen molar-refractivity contribution < 1.29 is 14.4 Å². The van der Waals surface area contributed by atoms with Crippen LogP contribution >= 0.6 is 11.8 Å². The molecular formula is C22H23N3O3S. The van der Waals surface area contributed by atoms with Crippen molar-refractivity contribution >= 4 is 35.2 Å². The molecule has 29 heavy (non-hydrogen) atoms. The monoisotopic (exact) mass is 409 g/mol. The lowest BCUT2D eigenvalue weighted by molar-refractivity contribution is -0.129. The van der Waals surface area contributed by atoms with Crippen LogP contribution in [0.2, 0.25) is 0 Å². The van der Waals surface area contributed by atoms with Gasteiger partial charge in [-0.15, -0.1) is 11.8 Å². The maximum Gasteiger partial charge on any atom is 0.240 e. The molecule has 0 aromatic heterocycles. The molecule has 6 nitrogen and oxygen atoms in total. The minimum Gasteiger partial charge on any atom is -0.346 e. The number of carbonyl (C=O) groups is 3. The van der Waals surface area contributed by atoms with E-state index >= 15 is 0 Å². The van der Waals surface area contributed by atoms with Gasteiger partial charge < -0.3 is 15.1 Å². The lowest BCUT2D eigenvalue weighted by Crippen LogP contribution is -2.46.